The average Bonchev–Trinajstić information content (AvgIpc) is 3.10. The van der Waals surface area contributed by atoms with Gasteiger partial charge in [0.15, 0.2) is 0 Å². The topological polar surface area (TPSA) is 98.7 Å². The molecular formula is C20H19Cl2N3O4. The van der Waals surface area contributed by atoms with Crippen LogP contribution < -0.4 is 20.5 Å². The quantitative estimate of drug-likeness (QED) is 0.484. The minimum atomic E-state index is -0.790. The summed E-state index contributed by atoms with van der Waals surface area (Å²) in [6, 6.07) is 12.9. The Balaban J connectivity index is 1.54. The molecule has 7 nitrogen and oxygen atoms in total. The fraction of sp³-hybridized carbons (Fsp3) is 0.150. The largest absolute Gasteiger partial charge is 0.489 e. The maximum absolute atomic E-state index is 11.0. The lowest BCUT2D eigenvalue weighted by atomic mass is 10.3. The standard InChI is InChI=1S/C20H19Cl2N3O4/c21-16-6-5-14(9-17(16)22)29-15-7-8-25(11-15)10-13(26)12-28-19-4-2-1-3-18(19)24-20(23)27/h1-9,11,13,26H,10,12H2,(H3,23,24,27). The molecule has 0 fully saturated rings. The van der Waals surface area contributed by atoms with Crippen molar-refractivity contribution in [2.45, 2.75) is 12.6 Å². The molecule has 3 rings (SSSR count). The SMILES string of the molecule is NC(=O)Nc1ccccc1OCC(O)Cn1ccc(Oc2ccc(Cl)c(Cl)c2)c1. The zero-order valence-electron chi connectivity index (χ0n) is 15.2. The minimum absolute atomic E-state index is 0.0264. The summed E-state index contributed by atoms with van der Waals surface area (Å²) in [6.45, 7) is 0.314. The van der Waals surface area contributed by atoms with Gasteiger partial charge in [-0.15, -0.1) is 0 Å². The van der Waals surface area contributed by atoms with Crippen LogP contribution in [0.3, 0.4) is 0 Å². The second-order valence-corrected chi connectivity index (χ2v) is 6.99. The number of aromatic nitrogens is 1. The maximum Gasteiger partial charge on any atom is 0.316 e. The smallest absolute Gasteiger partial charge is 0.316 e. The first-order valence-electron chi connectivity index (χ1n) is 8.66. The summed E-state index contributed by atoms with van der Waals surface area (Å²) < 4.78 is 13.1. The van der Waals surface area contributed by atoms with E-state index in [4.69, 9.17) is 38.4 Å². The number of carbonyl (C=O) groups is 1. The Labute approximate surface area is 177 Å². The van der Waals surface area contributed by atoms with Crippen LogP contribution in [0.25, 0.3) is 0 Å². The highest BCUT2D eigenvalue weighted by Crippen LogP contribution is 2.29. The molecule has 29 heavy (non-hydrogen) atoms. The number of urea groups is 1. The van der Waals surface area contributed by atoms with Crippen LogP contribution in [0.1, 0.15) is 0 Å². The number of aliphatic hydroxyl groups excluding tert-OH is 1. The molecule has 0 aliphatic rings. The second kappa shape index (κ2) is 9.56. The molecule has 3 aromatic rings. The number of halogens is 2. The molecule has 1 unspecified atom stereocenters. The summed E-state index contributed by atoms with van der Waals surface area (Å²) in [4.78, 5) is 11.0. The van der Waals surface area contributed by atoms with Crippen molar-refractivity contribution in [2.75, 3.05) is 11.9 Å². The van der Waals surface area contributed by atoms with E-state index in [1.807, 2.05) is 0 Å². The number of nitrogens with zero attached hydrogens (tertiary/aromatic N) is 1. The highest BCUT2D eigenvalue weighted by molar-refractivity contribution is 6.42. The van der Waals surface area contributed by atoms with Crippen molar-refractivity contribution in [3.8, 4) is 17.2 Å². The van der Waals surface area contributed by atoms with Crippen molar-refractivity contribution in [1.29, 1.82) is 0 Å². The normalized spacial score (nSPS) is 11.7. The monoisotopic (exact) mass is 435 g/mol. The summed E-state index contributed by atoms with van der Waals surface area (Å²) >= 11 is 11.9. The first-order chi connectivity index (χ1) is 13.9. The number of nitrogens with one attached hydrogen (secondary N) is 1. The first kappa shape index (κ1) is 20.9. The zero-order chi connectivity index (χ0) is 20.8. The molecule has 1 heterocycles. The van der Waals surface area contributed by atoms with Crippen LogP contribution in [0.15, 0.2) is 60.9 Å². The molecule has 9 heteroatoms. The molecular weight excluding hydrogens is 417 g/mol. The second-order valence-electron chi connectivity index (χ2n) is 6.17. The molecule has 2 aromatic carbocycles. The predicted molar refractivity (Wildman–Crippen MR) is 112 cm³/mol. The van der Waals surface area contributed by atoms with Crippen LogP contribution in [0, 0.1) is 0 Å². The van der Waals surface area contributed by atoms with Crippen LogP contribution in [0.4, 0.5) is 10.5 Å². The third-order valence-corrected chi connectivity index (χ3v) is 4.59. The van der Waals surface area contributed by atoms with E-state index in [2.05, 4.69) is 5.32 Å². The van der Waals surface area contributed by atoms with E-state index in [1.54, 1.807) is 65.5 Å². The summed E-state index contributed by atoms with van der Waals surface area (Å²) in [5.74, 6) is 1.56. The fourth-order valence-corrected chi connectivity index (χ4v) is 2.87. The van der Waals surface area contributed by atoms with Gasteiger partial charge in [-0.05, 0) is 30.3 Å². The minimum Gasteiger partial charge on any atom is -0.489 e. The number of benzene rings is 2. The Bertz CT molecular complexity index is 993. The maximum atomic E-state index is 11.0. The van der Waals surface area contributed by atoms with Crippen LogP contribution in [-0.4, -0.2) is 28.4 Å². The molecule has 1 atom stereocenters. The van der Waals surface area contributed by atoms with Gasteiger partial charge < -0.3 is 30.2 Å². The van der Waals surface area contributed by atoms with E-state index >= 15 is 0 Å². The van der Waals surface area contributed by atoms with Crippen molar-refractivity contribution in [2.24, 2.45) is 5.73 Å². The molecule has 0 aliphatic heterocycles. The van der Waals surface area contributed by atoms with E-state index in [-0.39, 0.29) is 13.2 Å². The van der Waals surface area contributed by atoms with Gasteiger partial charge in [-0.3, -0.25) is 0 Å². The van der Waals surface area contributed by atoms with Gasteiger partial charge in [0, 0.05) is 18.5 Å². The van der Waals surface area contributed by atoms with Gasteiger partial charge in [0.25, 0.3) is 0 Å². The fourth-order valence-electron chi connectivity index (χ4n) is 2.58. The Morgan fingerprint density at radius 2 is 1.93 bits per heavy atom. The summed E-state index contributed by atoms with van der Waals surface area (Å²) in [7, 11) is 0. The van der Waals surface area contributed by atoms with Gasteiger partial charge in [-0.2, -0.15) is 0 Å². The van der Waals surface area contributed by atoms with E-state index in [0.717, 1.165) is 0 Å². The van der Waals surface area contributed by atoms with Gasteiger partial charge in [0.05, 0.1) is 22.3 Å². The zero-order valence-corrected chi connectivity index (χ0v) is 16.7. The number of anilines is 1. The molecule has 0 saturated carbocycles. The average molecular weight is 436 g/mol. The number of para-hydroxylation sites is 2. The number of primary amides is 1. The third kappa shape index (κ3) is 6.05. The van der Waals surface area contributed by atoms with E-state index in [9.17, 15) is 9.90 Å². The predicted octanol–water partition coefficient (Wildman–Crippen LogP) is 4.52. The molecule has 2 amide bonds. The molecule has 4 N–H and O–H groups in total. The van der Waals surface area contributed by atoms with Crippen molar-refractivity contribution in [1.82, 2.24) is 4.57 Å². The van der Waals surface area contributed by atoms with Crippen molar-refractivity contribution >= 4 is 34.9 Å². The van der Waals surface area contributed by atoms with E-state index in [1.165, 1.54) is 0 Å². The lowest BCUT2D eigenvalue weighted by molar-refractivity contribution is 0.0929. The Hall–Kier alpha value is -2.87. The van der Waals surface area contributed by atoms with Crippen LogP contribution in [0.5, 0.6) is 17.2 Å². The molecule has 0 bridgehead atoms. The first-order valence-corrected chi connectivity index (χ1v) is 9.41. The number of hydrogen-bond acceptors (Lipinski definition) is 4. The molecule has 0 spiro atoms. The number of rotatable bonds is 8. The Morgan fingerprint density at radius 3 is 2.69 bits per heavy atom. The van der Waals surface area contributed by atoms with Gasteiger partial charge in [-0.1, -0.05) is 35.3 Å². The molecule has 0 aliphatic carbocycles. The molecule has 152 valence electrons. The third-order valence-electron chi connectivity index (χ3n) is 3.85. The lowest BCUT2D eigenvalue weighted by Crippen LogP contribution is -2.24. The number of ether oxygens (including phenoxy) is 2. The van der Waals surface area contributed by atoms with Crippen molar-refractivity contribution in [3.05, 3.63) is 71.0 Å². The van der Waals surface area contributed by atoms with Crippen LogP contribution in [0.2, 0.25) is 10.0 Å². The Morgan fingerprint density at radius 1 is 1.14 bits per heavy atom. The summed E-state index contributed by atoms with van der Waals surface area (Å²) in [5.41, 5.74) is 5.58. The molecule has 0 saturated heterocycles. The number of hydrogen-bond donors (Lipinski definition) is 3. The number of amides is 2. The highest BCUT2D eigenvalue weighted by atomic mass is 35.5. The number of nitrogens with two attached hydrogens (primary N) is 1. The number of carbonyl (C=O) groups excluding carboxylic acids is 1. The summed E-state index contributed by atoms with van der Waals surface area (Å²) in [5, 5.41) is 13.6. The van der Waals surface area contributed by atoms with Gasteiger partial charge in [0.1, 0.15) is 30.0 Å². The highest BCUT2D eigenvalue weighted by Gasteiger charge is 2.11. The van der Waals surface area contributed by atoms with Gasteiger partial charge >= 0.3 is 6.03 Å². The van der Waals surface area contributed by atoms with Gasteiger partial charge in [-0.25, -0.2) is 4.79 Å². The molecule has 0 radical (unpaired) electrons. The van der Waals surface area contributed by atoms with E-state index < -0.39 is 12.1 Å². The lowest BCUT2D eigenvalue weighted by Gasteiger charge is -2.15. The van der Waals surface area contributed by atoms with Crippen molar-refractivity contribution in [3.63, 3.8) is 0 Å². The number of aliphatic hydroxyl groups is 1. The Kier molecular flexibility index (Phi) is 6.87. The van der Waals surface area contributed by atoms with Crippen LogP contribution >= 0.6 is 23.2 Å². The van der Waals surface area contributed by atoms with Crippen molar-refractivity contribution < 1.29 is 19.4 Å². The summed E-state index contributed by atoms with van der Waals surface area (Å²) in [6.07, 6.45) is 2.73. The van der Waals surface area contributed by atoms with Crippen LogP contribution in [-0.2, 0) is 6.54 Å². The van der Waals surface area contributed by atoms with E-state index in [0.29, 0.717) is 33.0 Å². The van der Waals surface area contributed by atoms with Gasteiger partial charge in [0.2, 0.25) is 0 Å². The molecule has 1 aromatic heterocycles.